The molecule has 1 heterocycles. The molecule has 2 aromatic rings. The zero-order valence-corrected chi connectivity index (χ0v) is 18.7. The molecule has 1 saturated carbocycles. The number of hydrogen-bond acceptors (Lipinski definition) is 4. The van der Waals surface area contributed by atoms with Crippen LogP contribution in [0.1, 0.15) is 56.1 Å². The summed E-state index contributed by atoms with van der Waals surface area (Å²) in [5.74, 6) is 0.378. The molecule has 1 saturated heterocycles. The molecule has 4 nitrogen and oxygen atoms in total. The summed E-state index contributed by atoms with van der Waals surface area (Å²) in [6.07, 6.45) is 7.01. The molecule has 166 valence electrons. The predicted molar refractivity (Wildman–Crippen MR) is 124 cm³/mol. The highest BCUT2D eigenvalue weighted by Crippen LogP contribution is 2.36. The van der Waals surface area contributed by atoms with Crippen LogP contribution in [0.25, 0.3) is 0 Å². The fourth-order valence-electron chi connectivity index (χ4n) is 5.42. The van der Waals surface area contributed by atoms with Gasteiger partial charge in [0.25, 0.3) is 0 Å². The molecular formula is C27H36N2O2. The number of aliphatic hydroxyl groups is 1. The first-order chi connectivity index (χ1) is 15.1. The first kappa shape index (κ1) is 22.2. The number of likely N-dealkylation sites (N-methyl/N-ethyl adjacent to an activating group) is 1. The van der Waals surface area contributed by atoms with Gasteiger partial charge in [-0.25, -0.2) is 0 Å². The number of ketones is 1. The highest BCUT2D eigenvalue weighted by Gasteiger charge is 2.45. The summed E-state index contributed by atoms with van der Waals surface area (Å²) in [7, 11) is 1.94. The third-order valence-electron chi connectivity index (χ3n) is 7.38. The maximum atomic E-state index is 13.5. The summed E-state index contributed by atoms with van der Waals surface area (Å²) in [6.45, 7) is 2.91. The van der Waals surface area contributed by atoms with E-state index in [9.17, 15) is 9.90 Å². The Kier molecular flexibility index (Phi) is 7.21. The lowest BCUT2D eigenvalue weighted by molar-refractivity contribution is -0.170. The third kappa shape index (κ3) is 5.08. The van der Waals surface area contributed by atoms with Gasteiger partial charge in [0.15, 0.2) is 5.78 Å². The normalized spacial score (nSPS) is 20.7. The SMILES string of the molecule is CN(C1CCN(Cc2ccccc2)CC1)C(O)(C(=O)CC1CCCC1)c1ccccc1. The summed E-state index contributed by atoms with van der Waals surface area (Å²) in [5, 5.41) is 11.9. The van der Waals surface area contributed by atoms with Gasteiger partial charge in [-0.15, -0.1) is 0 Å². The molecule has 4 heteroatoms. The monoisotopic (exact) mass is 420 g/mol. The van der Waals surface area contributed by atoms with Gasteiger partial charge in [-0.1, -0.05) is 86.3 Å². The van der Waals surface area contributed by atoms with Crippen molar-refractivity contribution < 1.29 is 9.90 Å². The van der Waals surface area contributed by atoms with E-state index in [2.05, 4.69) is 35.2 Å². The van der Waals surface area contributed by atoms with Crippen LogP contribution in [0, 0.1) is 5.92 Å². The molecular weight excluding hydrogens is 384 g/mol. The molecule has 1 aliphatic heterocycles. The first-order valence-electron chi connectivity index (χ1n) is 11.9. The van der Waals surface area contributed by atoms with E-state index < -0.39 is 5.72 Å². The number of benzene rings is 2. The molecule has 0 bridgehead atoms. The van der Waals surface area contributed by atoms with Crippen molar-refractivity contribution >= 4 is 5.78 Å². The lowest BCUT2D eigenvalue weighted by atomic mass is 9.87. The van der Waals surface area contributed by atoms with E-state index in [0.29, 0.717) is 17.9 Å². The maximum absolute atomic E-state index is 13.5. The number of hydrogen-bond donors (Lipinski definition) is 1. The van der Waals surface area contributed by atoms with Gasteiger partial charge in [-0.2, -0.15) is 0 Å². The number of carbonyl (C=O) groups excluding carboxylic acids is 1. The molecule has 0 amide bonds. The van der Waals surface area contributed by atoms with Gasteiger partial charge in [0, 0.05) is 24.6 Å². The van der Waals surface area contributed by atoms with Gasteiger partial charge >= 0.3 is 0 Å². The first-order valence-corrected chi connectivity index (χ1v) is 11.9. The number of rotatable bonds is 8. The Morgan fingerprint density at radius 2 is 1.55 bits per heavy atom. The average Bonchev–Trinajstić information content (AvgIpc) is 3.33. The van der Waals surface area contributed by atoms with Crippen molar-refractivity contribution in [3.05, 3.63) is 71.8 Å². The number of nitrogens with zero attached hydrogens (tertiary/aromatic N) is 2. The number of Topliss-reactive ketones (excluding diaryl/α,β-unsaturated/α-hetero) is 1. The fraction of sp³-hybridized carbons (Fsp3) is 0.519. The number of carbonyl (C=O) groups is 1. The van der Waals surface area contributed by atoms with E-state index in [-0.39, 0.29) is 11.8 Å². The number of likely N-dealkylation sites (tertiary alicyclic amines) is 1. The van der Waals surface area contributed by atoms with Crippen LogP contribution in [0.2, 0.25) is 0 Å². The van der Waals surface area contributed by atoms with Crippen LogP contribution in [0.3, 0.4) is 0 Å². The van der Waals surface area contributed by atoms with E-state index in [0.717, 1.165) is 45.3 Å². The molecule has 1 atom stereocenters. The minimum Gasteiger partial charge on any atom is -0.365 e. The Labute approximate surface area is 186 Å². The summed E-state index contributed by atoms with van der Waals surface area (Å²) < 4.78 is 0. The van der Waals surface area contributed by atoms with Crippen molar-refractivity contribution in [1.29, 1.82) is 0 Å². The topological polar surface area (TPSA) is 43.8 Å². The van der Waals surface area contributed by atoms with Crippen LogP contribution in [0.5, 0.6) is 0 Å². The molecule has 31 heavy (non-hydrogen) atoms. The highest BCUT2D eigenvalue weighted by molar-refractivity contribution is 5.88. The molecule has 1 aliphatic carbocycles. The molecule has 0 spiro atoms. The van der Waals surface area contributed by atoms with Crippen LogP contribution in [-0.4, -0.2) is 46.9 Å². The second-order valence-electron chi connectivity index (χ2n) is 9.42. The molecule has 2 aliphatic rings. The summed E-state index contributed by atoms with van der Waals surface area (Å²) in [5.41, 5.74) is 0.491. The Balaban J connectivity index is 1.46. The van der Waals surface area contributed by atoms with E-state index in [1.165, 1.54) is 18.4 Å². The molecule has 1 N–H and O–H groups in total. The van der Waals surface area contributed by atoms with Crippen LogP contribution in [0.4, 0.5) is 0 Å². The molecule has 0 radical (unpaired) electrons. The molecule has 4 rings (SSSR count). The molecule has 1 unspecified atom stereocenters. The maximum Gasteiger partial charge on any atom is 0.205 e. The van der Waals surface area contributed by atoms with E-state index in [1.807, 2.05) is 42.3 Å². The van der Waals surface area contributed by atoms with Gasteiger partial charge in [0.2, 0.25) is 5.72 Å². The second-order valence-corrected chi connectivity index (χ2v) is 9.42. The second kappa shape index (κ2) is 10.1. The minimum absolute atomic E-state index is 0.0418. The van der Waals surface area contributed by atoms with Gasteiger partial charge < -0.3 is 5.11 Å². The van der Waals surface area contributed by atoms with E-state index >= 15 is 0 Å². The van der Waals surface area contributed by atoms with Crippen molar-refractivity contribution in [1.82, 2.24) is 9.80 Å². The zero-order valence-electron chi connectivity index (χ0n) is 18.7. The van der Waals surface area contributed by atoms with Gasteiger partial charge in [0.05, 0.1) is 0 Å². The third-order valence-corrected chi connectivity index (χ3v) is 7.38. The summed E-state index contributed by atoms with van der Waals surface area (Å²) in [4.78, 5) is 18.0. The Hall–Kier alpha value is -2.01. The van der Waals surface area contributed by atoms with Crippen LogP contribution < -0.4 is 0 Å². The van der Waals surface area contributed by atoms with Crippen LogP contribution in [0.15, 0.2) is 60.7 Å². The summed E-state index contributed by atoms with van der Waals surface area (Å²) >= 11 is 0. The largest absolute Gasteiger partial charge is 0.365 e. The van der Waals surface area contributed by atoms with Gasteiger partial charge in [-0.3, -0.25) is 14.6 Å². The van der Waals surface area contributed by atoms with Crippen LogP contribution >= 0.6 is 0 Å². The predicted octanol–water partition coefficient (Wildman–Crippen LogP) is 4.58. The quantitative estimate of drug-likeness (QED) is 0.635. The van der Waals surface area contributed by atoms with E-state index in [4.69, 9.17) is 0 Å². The van der Waals surface area contributed by atoms with Crippen molar-refractivity contribution in [3.8, 4) is 0 Å². The smallest absolute Gasteiger partial charge is 0.205 e. The van der Waals surface area contributed by atoms with Crippen LogP contribution in [-0.2, 0) is 17.1 Å². The standard InChI is InChI=1S/C27H36N2O2/c1-28(25-16-18-29(19-17-25)21-23-12-4-2-5-13-23)27(31,24-14-6-3-7-15-24)26(30)20-22-10-8-9-11-22/h2-7,12-15,22,25,31H,8-11,16-21H2,1H3. The van der Waals surface area contributed by atoms with Crippen molar-refractivity contribution in [2.45, 2.75) is 63.3 Å². The Morgan fingerprint density at radius 3 is 2.16 bits per heavy atom. The molecule has 2 aromatic carbocycles. The highest BCUT2D eigenvalue weighted by atomic mass is 16.3. The zero-order chi connectivity index (χ0) is 21.7. The molecule has 2 fully saturated rings. The summed E-state index contributed by atoms with van der Waals surface area (Å²) in [6, 6.07) is 20.3. The number of piperidine rings is 1. The lowest BCUT2D eigenvalue weighted by Gasteiger charge is -2.44. The van der Waals surface area contributed by atoms with E-state index in [1.54, 1.807) is 0 Å². The fourth-order valence-corrected chi connectivity index (χ4v) is 5.42. The van der Waals surface area contributed by atoms with Crippen molar-refractivity contribution in [2.24, 2.45) is 5.92 Å². The Morgan fingerprint density at radius 1 is 0.968 bits per heavy atom. The van der Waals surface area contributed by atoms with Gasteiger partial charge in [0.1, 0.15) is 0 Å². The van der Waals surface area contributed by atoms with Gasteiger partial charge in [-0.05, 0) is 44.5 Å². The van der Waals surface area contributed by atoms with Crippen molar-refractivity contribution in [3.63, 3.8) is 0 Å². The average molecular weight is 421 g/mol. The molecule has 0 aromatic heterocycles. The van der Waals surface area contributed by atoms with Crippen molar-refractivity contribution in [2.75, 3.05) is 20.1 Å². The Bertz CT molecular complexity index is 827. The lowest BCUT2D eigenvalue weighted by Crippen LogP contribution is -2.56. The minimum atomic E-state index is -1.55.